The molecule has 1 aliphatic heterocycles. The molecule has 0 saturated carbocycles. The second-order valence-electron chi connectivity index (χ2n) is 6.83. The highest BCUT2D eigenvalue weighted by Gasteiger charge is 2.35. The first-order valence-corrected chi connectivity index (χ1v) is 12.0. The zero-order valence-electron chi connectivity index (χ0n) is 15.8. The van der Waals surface area contributed by atoms with Gasteiger partial charge in [0.1, 0.15) is 5.75 Å². The third-order valence-corrected chi connectivity index (χ3v) is 7.39. The van der Waals surface area contributed by atoms with Gasteiger partial charge in [0.2, 0.25) is 11.1 Å². The molecule has 0 bridgehead atoms. The van der Waals surface area contributed by atoms with Gasteiger partial charge in [-0.25, -0.2) is 8.42 Å². The molecule has 1 aliphatic rings. The van der Waals surface area contributed by atoms with Crippen molar-refractivity contribution in [3.8, 4) is 11.4 Å². The Morgan fingerprint density at radius 2 is 1.90 bits per heavy atom. The number of para-hydroxylation sites is 1. The summed E-state index contributed by atoms with van der Waals surface area (Å²) in [5, 5.41) is 21.5. The van der Waals surface area contributed by atoms with Crippen LogP contribution in [0.4, 0.5) is 5.69 Å². The van der Waals surface area contributed by atoms with Gasteiger partial charge in [-0.1, -0.05) is 30.0 Å². The number of anilines is 1. The molecule has 9 nitrogen and oxygen atoms in total. The smallest absolute Gasteiger partial charge is 0.237 e. The van der Waals surface area contributed by atoms with Crippen molar-refractivity contribution < 1.29 is 18.3 Å². The highest BCUT2D eigenvalue weighted by atomic mass is 32.2. The Balaban J connectivity index is 1.53. The summed E-state index contributed by atoms with van der Waals surface area (Å²) in [6, 6.07) is 15.1. The lowest BCUT2D eigenvalue weighted by atomic mass is 10.2. The molecule has 11 heteroatoms. The second-order valence-corrected chi connectivity index (χ2v) is 10.0. The first kappa shape index (κ1) is 20.4. The van der Waals surface area contributed by atoms with Crippen molar-refractivity contribution >= 4 is 33.2 Å². The highest BCUT2D eigenvalue weighted by Crippen LogP contribution is 2.27. The van der Waals surface area contributed by atoms with Crippen molar-refractivity contribution in [2.24, 2.45) is 0 Å². The Bertz CT molecular complexity index is 1130. The zero-order chi connectivity index (χ0) is 21.1. The minimum Gasteiger partial charge on any atom is -0.508 e. The molecule has 1 fully saturated rings. The summed E-state index contributed by atoms with van der Waals surface area (Å²) in [6.45, 7) is 0. The average molecular weight is 446 g/mol. The number of aromatic hydroxyl groups is 1. The van der Waals surface area contributed by atoms with Gasteiger partial charge in [-0.3, -0.25) is 4.79 Å². The number of benzene rings is 2. The highest BCUT2D eigenvalue weighted by molar-refractivity contribution is 7.99. The van der Waals surface area contributed by atoms with Crippen molar-refractivity contribution in [3.63, 3.8) is 0 Å². The van der Waals surface area contributed by atoms with Gasteiger partial charge in [0.15, 0.2) is 9.84 Å². The largest absolute Gasteiger partial charge is 0.508 e. The van der Waals surface area contributed by atoms with Crippen LogP contribution in [0.1, 0.15) is 6.42 Å². The molecular weight excluding hydrogens is 426 g/mol. The minimum absolute atomic E-state index is 0.0381. The third-order valence-electron chi connectivity index (χ3n) is 4.74. The number of thioether (sulfide) groups is 1. The number of carbonyl (C=O) groups is 1. The summed E-state index contributed by atoms with van der Waals surface area (Å²) in [6.07, 6.45) is 0.416. The van der Waals surface area contributed by atoms with Crippen molar-refractivity contribution in [3.05, 3.63) is 54.6 Å². The van der Waals surface area contributed by atoms with Crippen LogP contribution in [0.5, 0.6) is 5.75 Å². The molecule has 2 aromatic carbocycles. The average Bonchev–Trinajstić information content (AvgIpc) is 3.34. The molecule has 1 saturated heterocycles. The van der Waals surface area contributed by atoms with Crippen LogP contribution in [0.15, 0.2) is 59.8 Å². The van der Waals surface area contributed by atoms with Crippen molar-refractivity contribution in [1.29, 1.82) is 0 Å². The van der Waals surface area contributed by atoms with Gasteiger partial charge in [0, 0.05) is 5.69 Å². The molecule has 1 unspecified atom stereocenters. The van der Waals surface area contributed by atoms with Crippen molar-refractivity contribution in [2.45, 2.75) is 17.6 Å². The van der Waals surface area contributed by atoms with E-state index < -0.39 is 15.9 Å². The normalized spacial score (nSPS) is 17.7. The van der Waals surface area contributed by atoms with E-state index in [2.05, 4.69) is 15.5 Å². The van der Waals surface area contributed by atoms with E-state index in [1.54, 1.807) is 29.2 Å². The summed E-state index contributed by atoms with van der Waals surface area (Å²) < 4.78 is 25.4. The number of nitrogens with zero attached hydrogens (tertiary/aromatic N) is 5. The molecule has 1 N–H and O–H groups in total. The van der Waals surface area contributed by atoms with Gasteiger partial charge >= 0.3 is 0 Å². The van der Waals surface area contributed by atoms with Crippen LogP contribution in [-0.4, -0.2) is 62.9 Å². The lowest BCUT2D eigenvalue weighted by Gasteiger charge is -2.28. The monoisotopic (exact) mass is 445 g/mol. The predicted octanol–water partition coefficient (Wildman–Crippen LogP) is 1.68. The molecule has 156 valence electrons. The quantitative estimate of drug-likeness (QED) is 0.570. The van der Waals surface area contributed by atoms with E-state index in [1.807, 2.05) is 18.2 Å². The number of sulfone groups is 1. The van der Waals surface area contributed by atoms with Gasteiger partial charge in [0.25, 0.3) is 0 Å². The molecule has 1 atom stereocenters. The SMILES string of the molecule is O=C(CSc1nnnn1-c1ccc(O)cc1)N(c1ccccc1)C1CCS(=O)(=O)C1. The topological polar surface area (TPSA) is 118 Å². The van der Waals surface area contributed by atoms with E-state index in [0.29, 0.717) is 23.0 Å². The van der Waals surface area contributed by atoms with Gasteiger partial charge in [-0.15, -0.1) is 5.10 Å². The molecular formula is C19H19N5O4S2. The first-order valence-electron chi connectivity index (χ1n) is 9.21. The van der Waals surface area contributed by atoms with Crippen LogP contribution < -0.4 is 4.90 Å². The molecule has 2 heterocycles. The maximum atomic E-state index is 13.1. The molecule has 0 spiro atoms. The van der Waals surface area contributed by atoms with Gasteiger partial charge in [-0.05, 0) is 53.2 Å². The lowest BCUT2D eigenvalue weighted by Crippen LogP contribution is -2.42. The standard InChI is InChI=1S/C19H19N5O4S2/c25-17-8-6-15(7-9-17)24-19(20-21-22-24)29-12-18(26)23(14-4-2-1-3-5-14)16-10-11-30(27,28)13-16/h1-9,16,25H,10-13H2. The maximum absolute atomic E-state index is 13.1. The Morgan fingerprint density at radius 3 is 2.57 bits per heavy atom. The van der Waals surface area contributed by atoms with Crippen molar-refractivity contribution in [2.75, 3.05) is 22.2 Å². The van der Waals surface area contributed by atoms with E-state index in [0.717, 1.165) is 0 Å². The van der Waals surface area contributed by atoms with Crippen LogP contribution in [0.25, 0.3) is 5.69 Å². The summed E-state index contributed by atoms with van der Waals surface area (Å²) in [4.78, 5) is 14.7. The minimum atomic E-state index is -3.14. The molecule has 0 aliphatic carbocycles. The third kappa shape index (κ3) is 4.46. The number of tetrazole rings is 1. The number of amides is 1. The number of carbonyl (C=O) groups excluding carboxylic acids is 1. The van der Waals surface area contributed by atoms with Gasteiger partial charge in [0.05, 0.1) is 29.0 Å². The Labute approximate surface area is 177 Å². The number of phenols is 1. The van der Waals surface area contributed by atoms with E-state index in [4.69, 9.17) is 0 Å². The van der Waals surface area contributed by atoms with E-state index in [-0.39, 0.29) is 28.9 Å². The van der Waals surface area contributed by atoms with Crippen LogP contribution >= 0.6 is 11.8 Å². The van der Waals surface area contributed by atoms with Crippen LogP contribution in [0, 0.1) is 0 Å². The number of hydrogen-bond acceptors (Lipinski definition) is 8. The van der Waals surface area contributed by atoms with Crippen LogP contribution in [-0.2, 0) is 14.6 Å². The Hall–Kier alpha value is -2.92. The van der Waals surface area contributed by atoms with E-state index in [9.17, 15) is 18.3 Å². The molecule has 30 heavy (non-hydrogen) atoms. The number of rotatable bonds is 6. The molecule has 4 rings (SSSR count). The first-order chi connectivity index (χ1) is 14.4. The Kier molecular flexibility index (Phi) is 5.73. The van der Waals surface area contributed by atoms with Crippen molar-refractivity contribution in [1.82, 2.24) is 20.2 Å². The molecule has 0 radical (unpaired) electrons. The molecule has 1 amide bonds. The van der Waals surface area contributed by atoms with E-state index >= 15 is 0 Å². The van der Waals surface area contributed by atoms with Crippen LogP contribution in [0.3, 0.4) is 0 Å². The van der Waals surface area contributed by atoms with Gasteiger partial charge in [-0.2, -0.15) is 4.68 Å². The fourth-order valence-electron chi connectivity index (χ4n) is 3.35. The predicted molar refractivity (Wildman–Crippen MR) is 113 cm³/mol. The van der Waals surface area contributed by atoms with Crippen LogP contribution in [0.2, 0.25) is 0 Å². The van der Waals surface area contributed by atoms with Gasteiger partial charge < -0.3 is 10.0 Å². The number of phenolic OH excluding ortho intramolecular Hbond substituents is 1. The Morgan fingerprint density at radius 1 is 1.17 bits per heavy atom. The fraction of sp³-hybridized carbons (Fsp3) is 0.263. The summed E-state index contributed by atoms with van der Waals surface area (Å²) in [5.41, 5.74) is 1.32. The molecule has 3 aromatic rings. The second kappa shape index (κ2) is 8.44. The fourth-order valence-corrected chi connectivity index (χ4v) is 5.80. The summed E-state index contributed by atoms with van der Waals surface area (Å²) in [7, 11) is -3.14. The summed E-state index contributed by atoms with van der Waals surface area (Å²) in [5.74, 6) is 0.00307. The number of aromatic nitrogens is 4. The van der Waals surface area contributed by atoms with E-state index in [1.165, 1.54) is 28.6 Å². The maximum Gasteiger partial charge on any atom is 0.237 e. The molecule has 1 aromatic heterocycles. The summed E-state index contributed by atoms with van der Waals surface area (Å²) >= 11 is 1.17. The zero-order valence-corrected chi connectivity index (χ0v) is 17.5. The number of hydrogen-bond donors (Lipinski definition) is 1. The lowest BCUT2D eigenvalue weighted by molar-refractivity contribution is -0.116.